The Hall–Kier alpha value is -2.23. The molecule has 0 spiro atoms. The Morgan fingerprint density at radius 1 is 0.395 bits per heavy atom. The van der Waals surface area contributed by atoms with Crippen molar-refractivity contribution in [2.45, 2.75) is 341 Å². The molecule has 9 nitrogen and oxygen atoms in total. The average Bonchev–Trinajstić information content (AvgIpc) is 3.39. The van der Waals surface area contributed by atoms with Crippen molar-refractivity contribution in [2.75, 3.05) is 47.5 Å². The van der Waals surface area contributed by atoms with E-state index in [1.165, 1.54) is 238 Å². The summed E-state index contributed by atoms with van der Waals surface area (Å²) in [5.41, 5.74) is 0. The third-order valence-electron chi connectivity index (χ3n) is 15.0. The molecule has 0 radical (unpaired) electrons. The van der Waals surface area contributed by atoms with Crippen LogP contribution in [-0.2, 0) is 33.3 Å². The van der Waals surface area contributed by atoms with Gasteiger partial charge in [0.2, 0.25) is 0 Å². The van der Waals surface area contributed by atoms with E-state index in [1.807, 2.05) is 21.1 Å². The summed E-state index contributed by atoms with van der Waals surface area (Å²) in [5.74, 6) is -2.28. The first kappa shape index (κ1) is 73.8. The third-order valence-corrected chi connectivity index (χ3v) is 15.0. The lowest BCUT2D eigenvalue weighted by atomic mass is 10.0. The normalized spacial score (nSPS) is 12.8. The summed E-state index contributed by atoms with van der Waals surface area (Å²) >= 11 is 0. The fourth-order valence-electron chi connectivity index (χ4n) is 9.87. The number of nitrogens with zero attached hydrogens (tertiary/aromatic N) is 1. The van der Waals surface area contributed by atoms with Crippen molar-refractivity contribution in [3.63, 3.8) is 0 Å². The quantitative estimate of drug-likeness (QED) is 0.0195. The molecule has 0 heterocycles. The molecule has 0 aromatic carbocycles. The summed E-state index contributed by atoms with van der Waals surface area (Å²) in [7, 11) is 5.93. The van der Waals surface area contributed by atoms with Gasteiger partial charge in [0.15, 0.2) is 12.4 Å². The van der Waals surface area contributed by atoms with Gasteiger partial charge in [-0.1, -0.05) is 295 Å². The highest BCUT2D eigenvalue weighted by Crippen LogP contribution is 2.18. The predicted molar refractivity (Wildman–Crippen MR) is 320 cm³/mol. The lowest BCUT2D eigenvalue weighted by molar-refractivity contribution is -0.870. The van der Waals surface area contributed by atoms with Gasteiger partial charge in [-0.05, 0) is 44.9 Å². The molecule has 0 aliphatic carbocycles. The van der Waals surface area contributed by atoms with Crippen LogP contribution >= 0.6 is 0 Å². The zero-order valence-corrected chi connectivity index (χ0v) is 51.2. The summed E-state index contributed by atoms with van der Waals surface area (Å²) in [6.45, 7) is 4.76. The molecule has 0 N–H and O–H groups in total. The number of hydrogen-bond donors (Lipinski definition) is 0. The second-order valence-corrected chi connectivity index (χ2v) is 23.8. The van der Waals surface area contributed by atoms with E-state index in [0.717, 1.165) is 57.8 Å². The zero-order valence-electron chi connectivity index (χ0n) is 51.2. The fourth-order valence-corrected chi connectivity index (χ4v) is 9.87. The standard InChI is InChI=1S/C67H127NO8/c1-6-8-10-12-14-16-18-20-22-24-25-26-27-28-29-30-31-32-33-34-35-36-37-38-39-40-41-42-44-45-47-49-51-53-55-57-64(69)74-61-63(62-75-67(66(71)72)73-60-59-68(3,4)5)76-65(70)58-56-54-52-50-48-46-43-23-21-19-17-15-13-11-9-7-2/h17,19,23,43,63,67H,6-16,18,20-22,24-42,44-62H2,1-5H3/b19-17-,43-23-. The first-order chi connectivity index (χ1) is 37.1. The minimum absolute atomic E-state index is 0.147. The molecular weight excluding hydrogens is 947 g/mol. The smallest absolute Gasteiger partial charge is 0.306 e. The van der Waals surface area contributed by atoms with Crippen LogP contribution in [0.25, 0.3) is 0 Å². The molecule has 0 bridgehead atoms. The van der Waals surface area contributed by atoms with Crippen molar-refractivity contribution in [2.24, 2.45) is 0 Å². The molecule has 0 rings (SSSR count). The molecule has 2 atom stereocenters. The minimum Gasteiger partial charge on any atom is -0.545 e. The number of esters is 2. The number of carbonyl (C=O) groups is 3. The summed E-state index contributed by atoms with van der Waals surface area (Å²) in [4.78, 5) is 37.3. The first-order valence-corrected chi connectivity index (χ1v) is 33.0. The molecule has 76 heavy (non-hydrogen) atoms. The van der Waals surface area contributed by atoms with Gasteiger partial charge in [-0.2, -0.15) is 0 Å². The number of carboxylic acid groups (broad SMARTS) is 1. The highest BCUT2D eigenvalue weighted by atomic mass is 16.7. The number of allylic oxidation sites excluding steroid dienone is 4. The van der Waals surface area contributed by atoms with Gasteiger partial charge >= 0.3 is 11.9 Å². The maximum Gasteiger partial charge on any atom is 0.306 e. The van der Waals surface area contributed by atoms with Crippen LogP contribution in [0.15, 0.2) is 24.3 Å². The average molecular weight is 1070 g/mol. The van der Waals surface area contributed by atoms with Crippen molar-refractivity contribution in [1.29, 1.82) is 0 Å². The number of unbranched alkanes of at least 4 members (excludes halogenated alkanes) is 43. The van der Waals surface area contributed by atoms with Crippen molar-refractivity contribution in [1.82, 2.24) is 0 Å². The Morgan fingerprint density at radius 2 is 0.711 bits per heavy atom. The van der Waals surface area contributed by atoms with Crippen LogP contribution in [0.1, 0.15) is 328 Å². The van der Waals surface area contributed by atoms with Crippen LogP contribution < -0.4 is 5.11 Å². The Morgan fingerprint density at radius 3 is 1.05 bits per heavy atom. The summed E-state index contributed by atoms with van der Waals surface area (Å²) in [5, 5.41) is 11.8. The molecule has 0 saturated heterocycles. The van der Waals surface area contributed by atoms with Crippen molar-refractivity contribution in [3.05, 3.63) is 24.3 Å². The number of aliphatic carboxylic acids is 1. The van der Waals surface area contributed by atoms with E-state index in [1.54, 1.807) is 0 Å². The van der Waals surface area contributed by atoms with Gasteiger partial charge in [-0.3, -0.25) is 9.59 Å². The van der Waals surface area contributed by atoms with Crippen LogP contribution in [-0.4, -0.2) is 82.3 Å². The van der Waals surface area contributed by atoms with Crippen LogP contribution in [0, 0.1) is 0 Å². The molecule has 0 aromatic heterocycles. The van der Waals surface area contributed by atoms with E-state index < -0.39 is 24.3 Å². The molecule has 0 amide bonds. The Balaban J connectivity index is 3.98. The first-order valence-electron chi connectivity index (χ1n) is 33.0. The fraction of sp³-hybridized carbons (Fsp3) is 0.896. The number of quaternary nitrogens is 1. The largest absolute Gasteiger partial charge is 0.545 e. The number of carbonyl (C=O) groups excluding carboxylic acids is 3. The summed E-state index contributed by atoms with van der Waals surface area (Å²) < 4.78 is 22.7. The maximum atomic E-state index is 12.8. The summed E-state index contributed by atoms with van der Waals surface area (Å²) in [6.07, 6.45) is 68.5. The number of hydrogen-bond acceptors (Lipinski definition) is 8. The van der Waals surface area contributed by atoms with E-state index >= 15 is 0 Å². The molecular formula is C67H127NO8. The molecule has 0 saturated carbocycles. The van der Waals surface area contributed by atoms with Crippen molar-refractivity contribution >= 4 is 17.9 Å². The van der Waals surface area contributed by atoms with Crippen LogP contribution in [0.5, 0.6) is 0 Å². The van der Waals surface area contributed by atoms with Gasteiger partial charge in [-0.25, -0.2) is 0 Å². The molecule has 9 heteroatoms. The Bertz CT molecular complexity index is 1300. The molecule has 0 aliphatic heterocycles. The lowest BCUT2D eigenvalue weighted by Gasteiger charge is -2.26. The number of likely N-dealkylation sites (N-methyl/N-ethyl adjacent to an activating group) is 1. The zero-order chi connectivity index (χ0) is 55.5. The highest BCUT2D eigenvalue weighted by molar-refractivity contribution is 5.70. The summed E-state index contributed by atoms with van der Waals surface area (Å²) in [6, 6.07) is 0. The number of rotatable bonds is 62. The Kier molecular flexibility index (Phi) is 57.2. The molecule has 2 unspecified atom stereocenters. The molecule has 448 valence electrons. The van der Waals surface area contributed by atoms with Crippen molar-refractivity contribution in [3.8, 4) is 0 Å². The Labute approximate surface area is 471 Å². The monoisotopic (exact) mass is 1070 g/mol. The van der Waals surface area contributed by atoms with Gasteiger partial charge in [0.1, 0.15) is 13.2 Å². The van der Waals surface area contributed by atoms with Crippen LogP contribution in [0.3, 0.4) is 0 Å². The van der Waals surface area contributed by atoms with Gasteiger partial charge in [-0.15, -0.1) is 0 Å². The van der Waals surface area contributed by atoms with E-state index in [-0.39, 0.29) is 32.2 Å². The van der Waals surface area contributed by atoms with Gasteiger partial charge in [0, 0.05) is 12.8 Å². The lowest BCUT2D eigenvalue weighted by Crippen LogP contribution is -2.44. The van der Waals surface area contributed by atoms with E-state index in [4.69, 9.17) is 18.9 Å². The molecule has 0 aromatic rings. The van der Waals surface area contributed by atoms with E-state index in [9.17, 15) is 19.5 Å². The van der Waals surface area contributed by atoms with Gasteiger partial charge in [0.25, 0.3) is 0 Å². The van der Waals surface area contributed by atoms with Crippen LogP contribution in [0.2, 0.25) is 0 Å². The second kappa shape index (κ2) is 58.9. The maximum absolute atomic E-state index is 12.8. The number of carboxylic acids is 1. The van der Waals surface area contributed by atoms with Gasteiger partial charge < -0.3 is 33.3 Å². The van der Waals surface area contributed by atoms with E-state index in [2.05, 4.69) is 38.2 Å². The second-order valence-electron chi connectivity index (χ2n) is 23.8. The molecule has 0 aliphatic rings. The van der Waals surface area contributed by atoms with Crippen LogP contribution in [0.4, 0.5) is 0 Å². The number of ether oxygens (including phenoxy) is 4. The molecule has 0 fully saturated rings. The predicted octanol–water partition coefficient (Wildman–Crippen LogP) is 18.5. The SMILES string of the molecule is CCCCCC/C=C\C/C=C\CCCCCCCC(=O)OC(COC(=O)CCCCCCCCCCCCCCCCCCCCCCCCCCCCCCCCCCCCC)COC(OCC[N+](C)(C)C)C(=O)[O-]. The van der Waals surface area contributed by atoms with Gasteiger partial charge in [0.05, 0.1) is 40.3 Å². The minimum atomic E-state index is -1.62. The third kappa shape index (κ3) is 59.4. The highest BCUT2D eigenvalue weighted by Gasteiger charge is 2.22. The topological polar surface area (TPSA) is 111 Å². The van der Waals surface area contributed by atoms with Crippen molar-refractivity contribution < 1.29 is 42.9 Å². The van der Waals surface area contributed by atoms with E-state index in [0.29, 0.717) is 23.9 Å².